The summed E-state index contributed by atoms with van der Waals surface area (Å²) >= 11 is 0. The van der Waals surface area contributed by atoms with Gasteiger partial charge < -0.3 is 15.5 Å². The van der Waals surface area contributed by atoms with Crippen molar-refractivity contribution in [3.8, 4) is 0 Å². The molecule has 0 heterocycles. The second kappa shape index (κ2) is 5.36. The van der Waals surface area contributed by atoms with Crippen molar-refractivity contribution in [2.45, 2.75) is 6.54 Å². The quantitative estimate of drug-likeness (QED) is 0.597. The topological polar surface area (TPSA) is 69.6 Å². The van der Waals surface area contributed by atoms with Gasteiger partial charge in [-0.1, -0.05) is 18.2 Å². The van der Waals surface area contributed by atoms with Gasteiger partial charge in [-0.05, 0) is 11.6 Å². The molecule has 1 rings (SSSR count). The Balaban J connectivity index is 2.69. The van der Waals surface area contributed by atoms with Crippen molar-refractivity contribution in [3.05, 3.63) is 35.4 Å². The summed E-state index contributed by atoms with van der Waals surface area (Å²) in [6, 6.07) is 6.81. The minimum Gasteiger partial charge on any atom is -0.478 e. The Bertz CT molecular complexity index is 312. The van der Waals surface area contributed by atoms with Gasteiger partial charge in [-0.2, -0.15) is 0 Å². The Morgan fingerprint density at radius 3 is 2.71 bits per heavy atom. The second-order valence-corrected chi connectivity index (χ2v) is 2.86. The van der Waals surface area contributed by atoms with Gasteiger partial charge in [-0.15, -0.1) is 0 Å². The molecule has 0 unspecified atom stereocenters. The second-order valence-electron chi connectivity index (χ2n) is 2.86. The van der Waals surface area contributed by atoms with Crippen LogP contribution in [0.25, 0.3) is 0 Å². The van der Waals surface area contributed by atoms with Crippen molar-refractivity contribution in [3.63, 3.8) is 0 Å². The molecule has 0 aliphatic heterocycles. The average Bonchev–Trinajstić information content (AvgIpc) is 2.19. The van der Waals surface area contributed by atoms with E-state index in [4.69, 9.17) is 10.2 Å². The van der Waals surface area contributed by atoms with Crippen molar-refractivity contribution in [1.82, 2.24) is 5.32 Å². The first-order valence-electron chi connectivity index (χ1n) is 4.38. The summed E-state index contributed by atoms with van der Waals surface area (Å²) in [5, 5.41) is 20.3. The fraction of sp³-hybridized carbons (Fsp3) is 0.300. The predicted octanol–water partition coefficient (Wildman–Crippen LogP) is 0.467. The summed E-state index contributed by atoms with van der Waals surface area (Å²) in [7, 11) is 0. The van der Waals surface area contributed by atoms with E-state index in [0.29, 0.717) is 18.7 Å². The lowest BCUT2D eigenvalue weighted by molar-refractivity contribution is 0.0695. The van der Waals surface area contributed by atoms with Crippen LogP contribution in [0, 0.1) is 0 Å². The standard InChI is InChI=1S/C10H13NO3/c12-6-5-11-7-8-3-1-2-4-9(8)10(13)14/h1-4,11-12H,5-7H2,(H,13,14). The van der Waals surface area contributed by atoms with Crippen LogP contribution in [0.2, 0.25) is 0 Å². The zero-order valence-electron chi connectivity index (χ0n) is 7.73. The van der Waals surface area contributed by atoms with Crippen LogP contribution in [-0.4, -0.2) is 29.3 Å². The van der Waals surface area contributed by atoms with Gasteiger partial charge in [0.05, 0.1) is 12.2 Å². The Kier molecular flexibility index (Phi) is 4.10. The molecule has 1 aromatic rings. The van der Waals surface area contributed by atoms with Crippen molar-refractivity contribution in [1.29, 1.82) is 0 Å². The van der Waals surface area contributed by atoms with Gasteiger partial charge >= 0.3 is 5.97 Å². The minimum atomic E-state index is -0.925. The summed E-state index contributed by atoms with van der Waals surface area (Å²) < 4.78 is 0. The maximum absolute atomic E-state index is 10.8. The third kappa shape index (κ3) is 2.83. The first-order chi connectivity index (χ1) is 6.75. The van der Waals surface area contributed by atoms with Gasteiger partial charge in [0.25, 0.3) is 0 Å². The number of aromatic carboxylic acids is 1. The highest BCUT2D eigenvalue weighted by Crippen LogP contribution is 2.07. The summed E-state index contributed by atoms with van der Waals surface area (Å²) in [6.45, 7) is 0.978. The molecule has 1 aromatic carbocycles. The third-order valence-electron chi connectivity index (χ3n) is 1.85. The molecule has 0 amide bonds. The van der Waals surface area contributed by atoms with Crippen LogP contribution in [0.3, 0.4) is 0 Å². The number of benzene rings is 1. The monoisotopic (exact) mass is 195 g/mol. The lowest BCUT2D eigenvalue weighted by Crippen LogP contribution is -2.19. The van der Waals surface area contributed by atoms with E-state index in [0.717, 1.165) is 5.56 Å². The molecule has 0 spiro atoms. The van der Waals surface area contributed by atoms with E-state index in [1.807, 2.05) is 0 Å². The number of hydrogen-bond acceptors (Lipinski definition) is 3. The lowest BCUT2D eigenvalue weighted by atomic mass is 10.1. The fourth-order valence-electron chi connectivity index (χ4n) is 1.19. The van der Waals surface area contributed by atoms with E-state index in [1.54, 1.807) is 24.3 Å². The first kappa shape index (κ1) is 10.7. The van der Waals surface area contributed by atoms with E-state index in [2.05, 4.69) is 5.32 Å². The normalized spacial score (nSPS) is 10.1. The molecule has 0 saturated carbocycles. The van der Waals surface area contributed by atoms with E-state index in [1.165, 1.54) is 0 Å². The van der Waals surface area contributed by atoms with Gasteiger partial charge in [0.2, 0.25) is 0 Å². The molecule has 0 bridgehead atoms. The molecule has 0 aliphatic rings. The van der Waals surface area contributed by atoms with Gasteiger partial charge in [0.15, 0.2) is 0 Å². The van der Waals surface area contributed by atoms with Crippen molar-refractivity contribution in [2.75, 3.05) is 13.2 Å². The Morgan fingerprint density at radius 2 is 2.07 bits per heavy atom. The molecule has 0 saturated heterocycles. The zero-order valence-corrected chi connectivity index (χ0v) is 7.73. The molecule has 76 valence electrons. The highest BCUT2D eigenvalue weighted by atomic mass is 16.4. The highest BCUT2D eigenvalue weighted by molar-refractivity contribution is 5.89. The van der Waals surface area contributed by atoms with E-state index < -0.39 is 5.97 Å². The molecule has 0 atom stereocenters. The summed E-state index contributed by atoms with van der Waals surface area (Å²) in [6.07, 6.45) is 0. The van der Waals surface area contributed by atoms with E-state index in [9.17, 15) is 4.79 Å². The molecule has 0 aromatic heterocycles. The van der Waals surface area contributed by atoms with Gasteiger partial charge in [0, 0.05) is 13.1 Å². The molecule has 3 N–H and O–H groups in total. The number of carbonyl (C=O) groups is 1. The molecular weight excluding hydrogens is 182 g/mol. The van der Waals surface area contributed by atoms with E-state index in [-0.39, 0.29) is 6.61 Å². The number of aliphatic hydroxyl groups excluding tert-OH is 1. The minimum absolute atomic E-state index is 0.0508. The lowest BCUT2D eigenvalue weighted by Gasteiger charge is -2.06. The molecule has 4 heteroatoms. The van der Waals surface area contributed by atoms with Crippen molar-refractivity contribution in [2.24, 2.45) is 0 Å². The number of aliphatic hydroxyl groups is 1. The van der Waals surface area contributed by atoms with Crippen LogP contribution in [-0.2, 0) is 6.54 Å². The first-order valence-corrected chi connectivity index (χ1v) is 4.38. The largest absolute Gasteiger partial charge is 0.478 e. The Morgan fingerprint density at radius 1 is 1.36 bits per heavy atom. The Labute approximate surface area is 82.2 Å². The van der Waals surface area contributed by atoms with Crippen LogP contribution in [0.5, 0.6) is 0 Å². The van der Waals surface area contributed by atoms with Crippen LogP contribution in [0.1, 0.15) is 15.9 Å². The summed E-state index contributed by atoms with van der Waals surface area (Å²) in [5.74, 6) is -0.925. The number of carboxylic acid groups (broad SMARTS) is 1. The SMILES string of the molecule is O=C(O)c1ccccc1CNCCO. The van der Waals surface area contributed by atoms with Crippen LogP contribution in [0.4, 0.5) is 0 Å². The molecule has 0 aliphatic carbocycles. The number of hydrogen-bond donors (Lipinski definition) is 3. The maximum atomic E-state index is 10.8. The molecule has 4 nitrogen and oxygen atoms in total. The van der Waals surface area contributed by atoms with Crippen LogP contribution >= 0.6 is 0 Å². The average molecular weight is 195 g/mol. The van der Waals surface area contributed by atoms with E-state index >= 15 is 0 Å². The molecule has 0 fully saturated rings. The fourth-order valence-corrected chi connectivity index (χ4v) is 1.19. The zero-order chi connectivity index (χ0) is 10.4. The van der Waals surface area contributed by atoms with Crippen LogP contribution in [0.15, 0.2) is 24.3 Å². The van der Waals surface area contributed by atoms with Gasteiger partial charge in [0.1, 0.15) is 0 Å². The Hall–Kier alpha value is -1.39. The smallest absolute Gasteiger partial charge is 0.336 e. The number of nitrogens with one attached hydrogen (secondary N) is 1. The predicted molar refractivity (Wildman–Crippen MR) is 52.2 cm³/mol. The molecule has 14 heavy (non-hydrogen) atoms. The number of carboxylic acids is 1. The van der Waals surface area contributed by atoms with Gasteiger partial charge in [-0.3, -0.25) is 0 Å². The van der Waals surface area contributed by atoms with Crippen molar-refractivity contribution >= 4 is 5.97 Å². The maximum Gasteiger partial charge on any atom is 0.336 e. The molecule has 0 radical (unpaired) electrons. The highest BCUT2D eigenvalue weighted by Gasteiger charge is 2.07. The summed E-state index contributed by atoms with van der Waals surface area (Å²) in [5.41, 5.74) is 1.03. The molecular formula is C10H13NO3. The van der Waals surface area contributed by atoms with Gasteiger partial charge in [-0.25, -0.2) is 4.79 Å². The number of rotatable bonds is 5. The third-order valence-corrected chi connectivity index (χ3v) is 1.85. The summed E-state index contributed by atoms with van der Waals surface area (Å²) in [4.78, 5) is 10.8. The van der Waals surface area contributed by atoms with Crippen LogP contribution < -0.4 is 5.32 Å². The van der Waals surface area contributed by atoms with Crippen molar-refractivity contribution < 1.29 is 15.0 Å².